The maximum atomic E-state index is 13.4. The molecule has 0 spiro atoms. The van der Waals surface area contributed by atoms with Gasteiger partial charge in [-0.1, -0.05) is 42.5 Å². The third-order valence-corrected chi connectivity index (χ3v) is 6.02. The first kappa shape index (κ1) is 21.5. The first-order valence-electron chi connectivity index (χ1n) is 11.0. The van der Waals surface area contributed by atoms with Crippen molar-refractivity contribution in [2.75, 3.05) is 0 Å². The lowest BCUT2D eigenvalue weighted by molar-refractivity contribution is 0.0952. The fourth-order valence-electron chi connectivity index (χ4n) is 4.08. The summed E-state index contributed by atoms with van der Waals surface area (Å²) in [6.45, 7) is 4.41. The van der Waals surface area contributed by atoms with Crippen LogP contribution in [0.4, 0.5) is 4.39 Å². The van der Waals surface area contributed by atoms with Gasteiger partial charge < -0.3 is 5.32 Å². The maximum absolute atomic E-state index is 13.4. The molecule has 0 radical (unpaired) electrons. The SMILES string of the molecule is Cc1ccccc1CNC(=O)c1cc(-c2cnn(-c3ccc(F)cc3)c2C)nc2ccccc12. The van der Waals surface area contributed by atoms with E-state index in [0.29, 0.717) is 17.8 Å². The highest BCUT2D eigenvalue weighted by Gasteiger charge is 2.17. The molecule has 1 amide bonds. The molecule has 0 aliphatic carbocycles. The van der Waals surface area contributed by atoms with Crippen LogP contribution in [-0.2, 0) is 6.54 Å². The molecular formula is C28H23FN4O. The Labute approximate surface area is 196 Å². The van der Waals surface area contributed by atoms with Crippen LogP contribution in [-0.4, -0.2) is 20.7 Å². The zero-order valence-corrected chi connectivity index (χ0v) is 18.9. The Morgan fingerprint density at radius 2 is 1.71 bits per heavy atom. The Morgan fingerprint density at radius 1 is 0.971 bits per heavy atom. The fraction of sp³-hybridized carbons (Fsp3) is 0.107. The molecular weight excluding hydrogens is 427 g/mol. The van der Waals surface area contributed by atoms with Crippen LogP contribution in [0.2, 0.25) is 0 Å². The van der Waals surface area contributed by atoms with Gasteiger partial charge in [0.15, 0.2) is 0 Å². The van der Waals surface area contributed by atoms with E-state index in [1.807, 2.05) is 68.4 Å². The zero-order valence-electron chi connectivity index (χ0n) is 18.9. The highest BCUT2D eigenvalue weighted by atomic mass is 19.1. The second-order valence-corrected chi connectivity index (χ2v) is 8.21. The smallest absolute Gasteiger partial charge is 0.252 e. The molecule has 2 aromatic heterocycles. The number of nitrogens with zero attached hydrogens (tertiary/aromatic N) is 3. The Kier molecular flexibility index (Phi) is 5.64. The number of halogens is 1. The summed E-state index contributed by atoms with van der Waals surface area (Å²) in [5, 5.41) is 8.33. The molecule has 0 saturated carbocycles. The van der Waals surface area contributed by atoms with Gasteiger partial charge in [-0.2, -0.15) is 5.10 Å². The van der Waals surface area contributed by atoms with Gasteiger partial charge >= 0.3 is 0 Å². The van der Waals surface area contributed by atoms with Crippen LogP contribution in [0, 0.1) is 19.7 Å². The van der Waals surface area contributed by atoms with Crippen LogP contribution in [0.3, 0.4) is 0 Å². The van der Waals surface area contributed by atoms with Crippen LogP contribution in [0.1, 0.15) is 27.2 Å². The lowest BCUT2D eigenvalue weighted by atomic mass is 10.0. The highest BCUT2D eigenvalue weighted by Crippen LogP contribution is 2.28. The number of rotatable bonds is 5. The van der Waals surface area contributed by atoms with E-state index in [1.54, 1.807) is 23.0 Å². The van der Waals surface area contributed by atoms with Crippen LogP contribution in [0.25, 0.3) is 27.8 Å². The molecule has 6 heteroatoms. The topological polar surface area (TPSA) is 59.8 Å². The summed E-state index contributed by atoms with van der Waals surface area (Å²) in [7, 11) is 0. The minimum absolute atomic E-state index is 0.160. The summed E-state index contributed by atoms with van der Waals surface area (Å²) in [5.74, 6) is -0.460. The van der Waals surface area contributed by atoms with Crippen molar-refractivity contribution < 1.29 is 9.18 Å². The van der Waals surface area contributed by atoms with Crippen LogP contribution in [0.15, 0.2) is 85.1 Å². The molecule has 5 aromatic rings. The van der Waals surface area contributed by atoms with E-state index in [9.17, 15) is 9.18 Å². The van der Waals surface area contributed by atoms with E-state index in [0.717, 1.165) is 39.0 Å². The number of amides is 1. The first-order chi connectivity index (χ1) is 16.5. The van der Waals surface area contributed by atoms with Crippen molar-refractivity contribution in [1.82, 2.24) is 20.1 Å². The maximum Gasteiger partial charge on any atom is 0.252 e. The molecule has 1 N–H and O–H groups in total. The van der Waals surface area contributed by atoms with Gasteiger partial charge in [0.2, 0.25) is 0 Å². The number of benzene rings is 3. The Balaban J connectivity index is 1.53. The number of fused-ring (bicyclic) bond motifs is 1. The summed E-state index contributed by atoms with van der Waals surface area (Å²) >= 11 is 0. The lowest BCUT2D eigenvalue weighted by Gasteiger charge is -2.12. The summed E-state index contributed by atoms with van der Waals surface area (Å²) in [6.07, 6.45) is 1.73. The Bertz CT molecular complexity index is 1510. The quantitative estimate of drug-likeness (QED) is 0.370. The second kappa shape index (κ2) is 8.90. The molecule has 0 aliphatic rings. The minimum Gasteiger partial charge on any atom is -0.348 e. The van der Waals surface area contributed by atoms with E-state index in [2.05, 4.69) is 10.4 Å². The number of carbonyl (C=O) groups excluding carboxylic acids is 1. The minimum atomic E-state index is -0.300. The summed E-state index contributed by atoms with van der Waals surface area (Å²) in [6, 6.07) is 23.6. The van der Waals surface area contributed by atoms with Crippen LogP contribution < -0.4 is 5.32 Å². The molecule has 3 aromatic carbocycles. The van der Waals surface area contributed by atoms with Gasteiger partial charge in [-0.15, -0.1) is 0 Å². The molecule has 34 heavy (non-hydrogen) atoms. The number of hydrogen-bond acceptors (Lipinski definition) is 3. The van der Waals surface area contributed by atoms with Crippen molar-refractivity contribution in [3.8, 4) is 16.9 Å². The summed E-state index contributed by atoms with van der Waals surface area (Å²) in [5.41, 5.74) is 6.56. The molecule has 0 saturated heterocycles. The fourth-order valence-corrected chi connectivity index (χ4v) is 4.08. The normalized spacial score (nSPS) is 11.0. The van der Waals surface area contributed by atoms with E-state index < -0.39 is 0 Å². The number of carbonyl (C=O) groups is 1. The first-order valence-corrected chi connectivity index (χ1v) is 11.0. The molecule has 5 rings (SSSR count). The summed E-state index contributed by atoms with van der Waals surface area (Å²) < 4.78 is 15.1. The third-order valence-electron chi connectivity index (χ3n) is 6.02. The molecule has 168 valence electrons. The van der Waals surface area contributed by atoms with Gasteiger partial charge in [0.25, 0.3) is 5.91 Å². The Morgan fingerprint density at radius 3 is 2.50 bits per heavy atom. The Hall–Kier alpha value is -4.32. The van der Waals surface area contributed by atoms with E-state index in [4.69, 9.17) is 4.98 Å². The number of para-hydroxylation sites is 1. The predicted octanol–water partition coefficient (Wildman–Crippen LogP) is 5.77. The molecule has 0 fully saturated rings. The third kappa shape index (κ3) is 4.06. The van der Waals surface area contributed by atoms with Crippen molar-refractivity contribution in [1.29, 1.82) is 0 Å². The molecule has 0 unspecified atom stereocenters. The monoisotopic (exact) mass is 450 g/mol. The van der Waals surface area contributed by atoms with Gasteiger partial charge in [0, 0.05) is 17.5 Å². The van der Waals surface area contributed by atoms with Crippen molar-refractivity contribution >= 4 is 16.8 Å². The molecule has 0 bridgehead atoms. The average molecular weight is 451 g/mol. The van der Waals surface area contributed by atoms with Crippen LogP contribution >= 0.6 is 0 Å². The molecule has 2 heterocycles. The van der Waals surface area contributed by atoms with Crippen molar-refractivity contribution in [3.63, 3.8) is 0 Å². The molecule has 0 atom stereocenters. The molecule has 0 aliphatic heterocycles. The van der Waals surface area contributed by atoms with Gasteiger partial charge in [0.05, 0.1) is 34.4 Å². The van der Waals surface area contributed by atoms with Gasteiger partial charge in [-0.25, -0.2) is 14.1 Å². The summed E-state index contributed by atoms with van der Waals surface area (Å²) in [4.78, 5) is 18.1. The van der Waals surface area contributed by atoms with Crippen molar-refractivity contribution in [2.45, 2.75) is 20.4 Å². The van der Waals surface area contributed by atoms with E-state index in [1.165, 1.54) is 12.1 Å². The van der Waals surface area contributed by atoms with Crippen molar-refractivity contribution in [3.05, 3.63) is 113 Å². The number of pyridine rings is 1. The second-order valence-electron chi connectivity index (χ2n) is 8.21. The largest absolute Gasteiger partial charge is 0.348 e. The van der Waals surface area contributed by atoms with Gasteiger partial charge in [-0.05, 0) is 61.4 Å². The van der Waals surface area contributed by atoms with E-state index in [-0.39, 0.29) is 11.7 Å². The van der Waals surface area contributed by atoms with Gasteiger partial charge in [-0.3, -0.25) is 4.79 Å². The highest BCUT2D eigenvalue weighted by molar-refractivity contribution is 6.07. The van der Waals surface area contributed by atoms with E-state index >= 15 is 0 Å². The number of aromatic nitrogens is 3. The average Bonchev–Trinajstić information content (AvgIpc) is 3.24. The number of hydrogen-bond donors (Lipinski definition) is 1. The lowest BCUT2D eigenvalue weighted by Crippen LogP contribution is -2.23. The zero-order chi connectivity index (χ0) is 23.7. The predicted molar refractivity (Wildman–Crippen MR) is 131 cm³/mol. The van der Waals surface area contributed by atoms with Crippen LogP contribution in [0.5, 0.6) is 0 Å². The van der Waals surface area contributed by atoms with Gasteiger partial charge in [0.1, 0.15) is 5.82 Å². The van der Waals surface area contributed by atoms with Crippen molar-refractivity contribution in [2.24, 2.45) is 0 Å². The number of aryl methyl sites for hydroxylation is 1. The number of nitrogens with one attached hydrogen (secondary N) is 1. The standard InChI is InChI=1S/C28H23FN4O/c1-18-7-3-4-8-20(18)16-30-28(34)24-15-27(32-26-10-6-5-9-23(24)26)25-17-31-33(19(25)2)22-13-11-21(29)12-14-22/h3-15,17H,16H2,1-2H3,(H,30,34). The molecule has 5 nitrogen and oxygen atoms in total.